The van der Waals surface area contributed by atoms with Crippen LogP contribution in [-0.2, 0) is 4.79 Å². The molecule has 6 nitrogen and oxygen atoms in total. The van der Waals surface area contributed by atoms with Crippen LogP contribution in [0.2, 0.25) is 0 Å². The van der Waals surface area contributed by atoms with Gasteiger partial charge in [-0.3, -0.25) is 4.79 Å². The van der Waals surface area contributed by atoms with Gasteiger partial charge in [0.05, 0.1) is 5.69 Å². The maximum Gasteiger partial charge on any atom is 0.252 e. The van der Waals surface area contributed by atoms with E-state index in [1.54, 1.807) is 6.07 Å². The molecule has 1 N–H and O–H groups in total. The van der Waals surface area contributed by atoms with Gasteiger partial charge in [0.2, 0.25) is 5.91 Å². The molecule has 0 aromatic carbocycles. The zero-order valence-corrected chi connectivity index (χ0v) is 11.7. The lowest BCUT2D eigenvalue weighted by molar-refractivity contribution is -0.114. The minimum atomic E-state index is -0.299. The number of anilines is 1. The van der Waals surface area contributed by atoms with Crippen LogP contribution in [0.4, 0.5) is 5.82 Å². The van der Waals surface area contributed by atoms with Crippen molar-refractivity contribution >= 4 is 23.3 Å². The van der Waals surface area contributed by atoms with Crippen molar-refractivity contribution in [2.24, 2.45) is 0 Å². The molecular formula is C12H14ClN5O. The normalized spacial score (nSPS) is 10.5. The summed E-state index contributed by atoms with van der Waals surface area (Å²) in [4.78, 5) is 20.0. The molecule has 2 heterocycles. The summed E-state index contributed by atoms with van der Waals surface area (Å²) in [5.74, 6) is 0.522. The van der Waals surface area contributed by atoms with Crippen LogP contribution in [-0.4, -0.2) is 31.5 Å². The van der Waals surface area contributed by atoms with Gasteiger partial charge in [0.15, 0.2) is 0 Å². The number of halogens is 1. The number of rotatable bonds is 3. The predicted octanol–water partition coefficient (Wildman–Crippen LogP) is 1.76. The summed E-state index contributed by atoms with van der Waals surface area (Å²) < 4.78 is 1.50. The van der Waals surface area contributed by atoms with Gasteiger partial charge in [-0.2, -0.15) is 9.78 Å². The zero-order valence-electron chi connectivity index (χ0n) is 10.9. The predicted molar refractivity (Wildman–Crippen MR) is 72.7 cm³/mol. The lowest BCUT2D eigenvalue weighted by atomic mass is 10.4. The van der Waals surface area contributed by atoms with Crippen LogP contribution in [0.15, 0.2) is 12.1 Å². The molecule has 0 unspecified atom stereocenters. The molecule has 100 valence electrons. The fourth-order valence-corrected chi connectivity index (χ4v) is 1.79. The van der Waals surface area contributed by atoms with E-state index >= 15 is 0 Å². The molecule has 0 aliphatic rings. The van der Waals surface area contributed by atoms with Crippen molar-refractivity contribution in [1.82, 2.24) is 19.7 Å². The lowest BCUT2D eigenvalue weighted by Crippen LogP contribution is -2.17. The van der Waals surface area contributed by atoms with E-state index in [2.05, 4.69) is 20.4 Å². The van der Waals surface area contributed by atoms with Crippen molar-refractivity contribution in [2.75, 3.05) is 11.2 Å². The molecular weight excluding hydrogens is 266 g/mol. The molecule has 1 amide bonds. The SMILES string of the molecule is Cc1cc(C)nc(-n2nc(C)cc2NC(=O)CCl)n1. The third kappa shape index (κ3) is 3.08. The van der Waals surface area contributed by atoms with Gasteiger partial charge in [-0.15, -0.1) is 11.6 Å². The van der Waals surface area contributed by atoms with E-state index in [0.717, 1.165) is 17.1 Å². The van der Waals surface area contributed by atoms with Crippen LogP contribution >= 0.6 is 11.6 Å². The fraction of sp³-hybridized carbons (Fsp3) is 0.333. The Kier molecular flexibility index (Phi) is 3.80. The smallest absolute Gasteiger partial charge is 0.252 e. The van der Waals surface area contributed by atoms with E-state index < -0.39 is 0 Å². The van der Waals surface area contributed by atoms with Crippen molar-refractivity contribution in [3.05, 3.63) is 29.2 Å². The van der Waals surface area contributed by atoms with E-state index in [4.69, 9.17) is 11.6 Å². The summed E-state index contributed by atoms with van der Waals surface area (Å²) in [6, 6.07) is 3.61. The Labute approximate surface area is 115 Å². The van der Waals surface area contributed by atoms with Crippen molar-refractivity contribution < 1.29 is 4.79 Å². The van der Waals surface area contributed by atoms with Crippen LogP contribution in [0.1, 0.15) is 17.1 Å². The zero-order chi connectivity index (χ0) is 14.0. The summed E-state index contributed by atoms with van der Waals surface area (Å²) in [6.45, 7) is 5.59. The summed E-state index contributed by atoms with van der Waals surface area (Å²) in [5, 5.41) is 6.95. The Balaban J connectivity index is 2.46. The highest BCUT2D eigenvalue weighted by Gasteiger charge is 2.12. The number of amides is 1. The quantitative estimate of drug-likeness (QED) is 0.869. The molecule has 7 heteroatoms. The Bertz CT molecular complexity index is 602. The third-order valence-electron chi connectivity index (χ3n) is 2.38. The second kappa shape index (κ2) is 5.36. The van der Waals surface area contributed by atoms with Gasteiger partial charge in [-0.25, -0.2) is 9.97 Å². The maximum absolute atomic E-state index is 11.4. The molecule has 0 aliphatic heterocycles. The molecule has 0 fully saturated rings. The van der Waals surface area contributed by atoms with Crippen molar-refractivity contribution in [2.45, 2.75) is 20.8 Å². The third-order valence-corrected chi connectivity index (χ3v) is 2.62. The first-order valence-electron chi connectivity index (χ1n) is 5.74. The molecule has 19 heavy (non-hydrogen) atoms. The molecule has 0 radical (unpaired) electrons. The fourth-order valence-electron chi connectivity index (χ4n) is 1.72. The highest BCUT2D eigenvalue weighted by molar-refractivity contribution is 6.29. The van der Waals surface area contributed by atoms with Gasteiger partial charge >= 0.3 is 0 Å². The van der Waals surface area contributed by atoms with E-state index in [0.29, 0.717) is 11.8 Å². The van der Waals surface area contributed by atoms with Crippen molar-refractivity contribution in [3.63, 3.8) is 0 Å². The number of carbonyl (C=O) groups is 1. The molecule has 0 atom stereocenters. The minimum Gasteiger partial charge on any atom is -0.309 e. The maximum atomic E-state index is 11.4. The summed E-state index contributed by atoms with van der Waals surface area (Å²) in [7, 11) is 0. The minimum absolute atomic E-state index is 0.113. The largest absolute Gasteiger partial charge is 0.309 e. The first-order valence-corrected chi connectivity index (χ1v) is 6.28. The van der Waals surface area contributed by atoms with Gasteiger partial charge in [-0.05, 0) is 26.8 Å². The van der Waals surface area contributed by atoms with Crippen molar-refractivity contribution in [1.29, 1.82) is 0 Å². The van der Waals surface area contributed by atoms with Gasteiger partial charge in [0.1, 0.15) is 11.7 Å². The van der Waals surface area contributed by atoms with Crippen molar-refractivity contribution in [3.8, 4) is 5.95 Å². The molecule has 0 saturated heterocycles. The molecule has 2 aromatic rings. The molecule has 2 aromatic heterocycles. The van der Waals surface area contributed by atoms with Crippen LogP contribution in [0, 0.1) is 20.8 Å². The Morgan fingerprint density at radius 3 is 2.42 bits per heavy atom. The molecule has 0 aliphatic carbocycles. The Morgan fingerprint density at radius 1 is 1.21 bits per heavy atom. The average Bonchev–Trinajstić information content (AvgIpc) is 2.68. The number of nitrogens with one attached hydrogen (secondary N) is 1. The number of aromatic nitrogens is 4. The summed E-state index contributed by atoms with van der Waals surface area (Å²) in [5.41, 5.74) is 2.43. The molecule has 2 rings (SSSR count). The van der Waals surface area contributed by atoms with Crippen LogP contribution in [0.5, 0.6) is 0 Å². The Morgan fingerprint density at radius 2 is 1.84 bits per heavy atom. The summed E-state index contributed by atoms with van der Waals surface area (Å²) >= 11 is 5.48. The second-order valence-electron chi connectivity index (χ2n) is 4.22. The van der Waals surface area contributed by atoms with Gasteiger partial charge in [-0.1, -0.05) is 0 Å². The van der Waals surface area contributed by atoms with Crippen LogP contribution < -0.4 is 5.32 Å². The van der Waals surface area contributed by atoms with E-state index in [1.165, 1.54) is 4.68 Å². The number of alkyl halides is 1. The molecule has 0 bridgehead atoms. The van der Waals surface area contributed by atoms with E-state index in [-0.39, 0.29) is 11.8 Å². The lowest BCUT2D eigenvalue weighted by Gasteiger charge is -2.07. The van der Waals surface area contributed by atoms with Crippen LogP contribution in [0.3, 0.4) is 0 Å². The number of hydrogen-bond acceptors (Lipinski definition) is 4. The monoisotopic (exact) mass is 279 g/mol. The number of aryl methyl sites for hydroxylation is 3. The molecule has 0 saturated carbocycles. The highest BCUT2D eigenvalue weighted by atomic mass is 35.5. The summed E-state index contributed by atoms with van der Waals surface area (Å²) in [6.07, 6.45) is 0. The van der Waals surface area contributed by atoms with Gasteiger partial charge < -0.3 is 5.32 Å². The average molecular weight is 280 g/mol. The number of nitrogens with zero attached hydrogens (tertiary/aromatic N) is 4. The molecule has 0 spiro atoms. The van der Waals surface area contributed by atoms with Gasteiger partial charge in [0.25, 0.3) is 5.95 Å². The van der Waals surface area contributed by atoms with Gasteiger partial charge in [0, 0.05) is 17.5 Å². The number of hydrogen-bond donors (Lipinski definition) is 1. The first kappa shape index (κ1) is 13.5. The van der Waals surface area contributed by atoms with E-state index in [9.17, 15) is 4.79 Å². The van der Waals surface area contributed by atoms with Crippen LogP contribution in [0.25, 0.3) is 5.95 Å². The topological polar surface area (TPSA) is 72.7 Å². The second-order valence-corrected chi connectivity index (χ2v) is 4.48. The standard InChI is InChI=1S/C12H14ClN5O/c1-7-4-8(2)15-12(14-7)18-10(5-9(3)17-18)16-11(19)6-13/h4-5H,6H2,1-3H3,(H,16,19). The van der Waals surface area contributed by atoms with E-state index in [1.807, 2.05) is 26.8 Å². The first-order chi connectivity index (χ1) is 8.99. The number of carbonyl (C=O) groups excluding carboxylic acids is 1. The Hall–Kier alpha value is -1.95. The highest BCUT2D eigenvalue weighted by Crippen LogP contribution is 2.15.